The first-order chi connectivity index (χ1) is 21.1. The number of nitrogens with zero attached hydrogens (tertiary/aromatic N) is 2. The highest BCUT2D eigenvalue weighted by molar-refractivity contribution is 7.84. The summed E-state index contributed by atoms with van der Waals surface area (Å²) in [7, 11) is -2.36. The number of aromatic nitrogens is 2. The lowest BCUT2D eigenvalue weighted by Gasteiger charge is -2.15. The molecule has 0 saturated carbocycles. The Morgan fingerprint density at radius 3 is 1.80 bits per heavy atom. The van der Waals surface area contributed by atoms with Gasteiger partial charge in [-0.25, -0.2) is 27.5 Å². The molecule has 1 aromatic heterocycles. The SMILES string of the molecule is C/C=C/CCC.CCCC.Cc1cc(-c2ncc(C(=O)NCc3c(F)c(F)c(S(C)=O)c(F)c3F)cn2)c(C(F)(F)F)cc1C. The summed E-state index contributed by atoms with van der Waals surface area (Å²) in [5, 5.41) is 2.02. The Morgan fingerprint density at radius 2 is 1.40 bits per heavy atom. The van der Waals surface area contributed by atoms with Gasteiger partial charge in [0.2, 0.25) is 0 Å². The van der Waals surface area contributed by atoms with Crippen LogP contribution in [-0.4, -0.2) is 26.3 Å². The average molecular weight is 662 g/mol. The smallest absolute Gasteiger partial charge is 0.348 e. The molecule has 0 fully saturated rings. The van der Waals surface area contributed by atoms with Crippen molar-refractivity contribution >= 4 is 16.7 Å². The predicted octanol–water partition coefficient (Wildman–Crippen LogP) is 9.17. The van der Waals surface area contributed by atoms with Gasteiger partial charge in [0.05, 0.1) is 21.9 Å². The van der Waals surface area contributed by atoms with Crippen LogP contribution in [0, 0.1) is 37.1 Å². The van der Waals surface area contributed by atoms with Gasteiger partial charge in [-0.2, -0.15) is 13.2 Å². The number of nitrogens with one attached hydrogen (secondary N) is 1. The van der Waals surface area contributed by atoms with Crippen LogP contribution in [-0.2, 0) is 23.5 Å². The maximum absolute atomic E-state index is 14.2. The second kappa shape index (κ2) is 18.4. The summed E-state index contributed by atoms with van der Waals surface area (Å²) in [5.74, 6) is -8.69. The molecule has 0 spiro atoms. The van der Waals surface area contributed by atoms with Crippen LogP contribution in [0.2, 0.25) is 0 Å². The van der Waals surface area contributed by atoms with E-state index < -0.39 is 68.7 Å². The normalized spacial score (nSPS) is 11.8. The van der Waals surface area contributed by atoms with E-state index in [1.807, 2.05) is 5.32 Å². The van der Waals surface area contributed by atoms with Crippen LogP contribution >= 0.6 is 0 Å². The topological polar surface area (TPSA) is 72.0 Å². The van der Waals surface area contributed by atoms with Gasteiger partial charge >= 0.3 is 6.18 Å². The Balaban J connectivity index is 0.000000878. The van der Waals surface area contributed by atoms with Crippen LogP contribution in [0.3, 0.4) is 0 Å². The number of hydrogen-bond acceptors (Lipinski definition) is 4. The van der Waals surface area contributed by atoms with E-state index in [1.165, 1.54) is 38.7 Å². The van der Waals surface area contributed by atoms with Crippen LogP contribution in [0.4, 0.5) is 30.7 Å². The zero-order valence-electron chi connectivity index (χ0n) is 26.3. The Morgan fingerprint density at radius 1 is 0.889 bits per heavy atom. The number of alkyl halides is 3. The molecule has 5 nitrogen and oxygen atoms in total. The molecule has 0 saturated heterocycles. The van der Waals surface area contributed by atoms with E-state index in [0.29, 0.717) is 11.1 Å². The van der Waals surface area contributed by atoms with Crippen molar-refractivity contribution in [3.8, 4) is 11.4 Å². The summed E-state index contributed by atoms with van der Waals surface area (Å²) in [4.78, 5) is 18.6. The second-order valence-corrected chi connectivity index (χ2v) is 11.1. The molecular formula is C32H38F7N3O2S. The second-order valence-electron chi connectivity index (χ2n) is 9.83. The number of hydrogen-bond donors (Lipinski definition) is 1. The Bertz CT molecular complexity index is 1460. The average Bonchev–Trinajstić information content (AvgIpc) is 3.00. The van der Waals surface area contributed by atoms with Gasteiger partial charge in [-0.05, 0) is 50.5 Å². The molecule has 0 radical (unpaired) electrons. The molecule has 1 heterocycles. The molecule has 2 aromatic carbocycles. The monoisotopic (exact) mass is 661 g/mol. The summed E-state index contributed by atoms with van der Waals surface area (Å²) >= 11 is 0. The van der Waals surface area contributed by atoms with Crippen molar-refractivity contribution < 1.29 is 39.7 Å². The summed E-state index contributed by atoms with van der Waals surface area (Å²) in [6.45, 7) is 10.7. The molecular weight excluding hydrogens is 623 g/mol. The zero-order chi connectivity index (χ0) is 34.5. The molecule has 45 heavy (non-hydrogen) atoms. The van der Waals surface area contributed by atoms with E-state index in [9.17, 15) is 39.7 Å². The van der Waals surface area contributed by atoms with Crippen molar-refractivity contribution in [3.63, 3.8) is 0 Å². The highest BCUT2D eigenvalue weighted by Crippen LogP contribution is 2.37. The number of carbonyl (C=O) groups excluding carboxylic acids is 1. The van der Waals surface area contributed by atoms with Crippen LogP contribution in [0.5, 0.6) is 0 Å². The molecule has 1 unspecified atom stereocenters. The lowest BCUT2D eigenvalue weighted by Crippen LogP contribution is -2.25. The first-order valence-corrected chi connectivity index (χ1v) is 15.7. The molecule has 1 atom stereocenters. The first-order valence-electron chi connectivity index (χ1n) is 14.1. The fraction of sp³-hybridized carbons (Fsp3) is 0.406. The van der Waals surface area contributed by atoms with Crippen LogP contribution in [0.25, 0.3) is 11.4 Å². The lowest BCUT2D eigenvalue weighted by molar-refractivity contribution is -0.137. The summed E-state index contributed by atoms with van der Waals surface area (Å²) in [6, 6.07) is 2.21. The Labute approximate surface area is 261 Å². The minimum Gasteiger partial charge on any atom is -0.348 e. The minimum absolute atomic E-state index is 0.292. The quantitative estimate of drug-likeness (QED) is 0.149. The van der Waals surface area contributed by atoms with E-state index in [2.05, 4.69) is 49.8 Å². The van der Waals surface area contributed by atoms with Crippen molar-refractivity contribution in [1.82, 2.24) is 15.3 Å². The van der Waals surface area contributed by atoms with Gasteiger partial charge in [-0.3, -0.25) is 9.00 Å². The van der Waals surface area contributed by atoms with Crippen LogP contribution in [0.1, 0.15) is 86.0 Å². The Hall–Kier alpha value is -3.61. The number of aryl methyl sites for hydroxylation is 2. The van der Waals surface area contributed by atoms with Gasteiger partial charge in [0, 0.05) is 36.3 Å². The molecule has 1 amide bonds. The first kappa shape index (κ1) is 39.4. The summed E-state index contributed by atoms with van der Waals surface area (Å²) in [6.07, 6.45) is 7.34. The van der Waals surface area contributed by atoms with Crippen LogP contribution < -0.4 is 5.32 Å². The third-order valence-electron chi connectivity index (χ3n) is 6.31. The van der Waals surface area contributed by atoms with Crippen molar-refractivity contribution in [2.45, 2.75) is 84.8 Å². The highest BCUT2D eigenvalue weighted by atomic mass is 32.2. The van der Waals surface area contributed by atoms with Gasteiger partial charge in [-0.15, -0.1) is 0 Å². The molecule has 0 aliphatic rings. The standard InChI is InChI=1S/C22H16F7N3O2S.C6H12.C4H10/c1-9-4-12(14(5-10(9)2)22(27,28)29)20-30-6-11(7-31-20)21(33)32-8-13-15(23)17(25)19(35(3)34)18(26)16(13)24;1-3-5-6-4-2;1-3-4-2/h4-7H,8H2,1-3H3,(H,32,33);3,5H,4,6H2,1-2H3;3-4H2,1-2H3/b;5-3+;. The number of benzene rings is 2. The number of rotatable bonds is 8. The van der Waals surface area contributed by atoms with Crippen molar-refractivity contribution in [2.24, 2.45) is 0 Å². The van der Waals surface area contributed by atoms with E-state index in [4.69, 9.17) is 0 Å². The van der Waals surface area contributed by atoms with Gasteiger partial charge in [-0.1, -0.05) is 52.2 Å². The zero-order valence-corrected chi connectivity index (χ0v) is 27.1. The van der Waals surface area contributed by atoms with E-state index in [0.717, 1.165) is 24.7 Å². The van der Waals surface area contributed by atoms with Gasteiger partial charge in [0.1, 0.15) is 4.90 Å². The molecule has 13 heteroatoms. The van der Waals surface area contributed by atoms with Crippen molar-refractivity contribution in [1.29, 1.82) is 0 Å². The largest absolute Gasteiger partial charge is 0.417 e. The van der Waals surface area contributed by atoms with Gasteiger partial charge in [0.15, 0.2) is 29.1 Å². The number of halogens is 7. The number of carbonyl (C=O) groups is 1. The van der Waals surface area contributed by atoms with E-state index >= 15 is 0 Å². The van der Waals surface area contributed by atoms with Gasteiger partial charge < -0.3 is 5.32 Å². The molecule has 248 valence electrons. The molecule has 3 rings (SSSR count). The third-order valence-corrected chi connectivity index (χ3v) is 7.25. The molecule has 0 aliphatic heterocycles. The van der Waals surface area contributed by atoms with Gasteiger partial charge in [0.25, 0.3) is 5.91 Å². The summed E-state index contributed by atoms with van der Waals surface area (Å²) in [5.41, 5.74) is -1.76. The molecule has 0 bridgehead atoms. The highest BCUT2D eigenvalue weighted by Gasteiger charge is 2.35. The Kier molecular flexibility index (Phi) is 16.1. The van der Waals surface area contributed by atoms with E-state index in [1.54, 1.807) is 6.92 Å². The third kappa shape index (κ3) is 11.1. The maximum atomic E-state index is 14.2. The number of unbranched alkanes of at least 4 members (excludes halogenated alkanes) is 2. The maximum Gasteiger partial charge on any atom is 0.417 e. The number of amides is 1. The van der Waals surface area contributed by atoms with Crippen LogP contribution in [0.15, 0.2) is 41.6 Å². The fourth-order valence-electron chi connectivity index (χ4n) is 3.49. The minimum atomic E-state index is -4.69. The molecule has 3 aromatic rings. The predicted molar refractivity (Wildman–Crippen MR) is 162 cm³/mol. The van der Waals surface area contributed by atoms with Crippen molar-refractivity contribution in [2.75, 3.05) is 6.26 Å². The number of allylic oxidation sites excluding steroid dienone is 2. The summed E-state index contributed by atoms with van der Waals surface area (Å²) < 4.78 is 108. The fourth-order valence-corrected chi connectivity index (χ4v) is 4.17. The lowest BCUT2D eigenvalue weighted by atomic mass is 9.99. The molecule has 0 aliphatic carbocycles. The molecule has 1 N–H and O–H groups in total. The van der Waals surface area contributed by atoms with E-state index in [-0.39, 0.29) is 17.0 Å². The van der Waals surface area contributed by atoms with Crippen molar-refractivity contribution in [3.05, 3.63) is 87.8 Å².